The second-order valence-corrected chi connectivity index (χ2v) is 5.57. The smallest absolute Gasteiger partial charge is 0.361 e. The summed E-state index contributed by atoms with van der Waals surface area (Å²) >= 11 is 0. The summed E-state index contributed by atoms with van der Waals surface area (Å²) < 4.78 is 10.4. The Balaban J connectivity index is 2.42. The highest BCUT2D eigenvalue weighted by atomic mass is 16.5. The molecule has 0 N–H and O–H groups in total. The van der Waals surface area contributed by atoms with Crippen LogP contribution in [0.3, 0.4) is 0 Å². The highest BCUT2D eigenvalue weighted by molar-refractivity contribution is 5.97. The normalized spacial score (nSPS) is 10.6. The molecule has 0 spiro atoms. The molecule has 8 nitrogen and oxygen atoms in total. The monoisotopic (exact) mass is 368 g/mol. The number of esters is 2. The summed E-state index contributed by atoms with van der Waals surface area (Å²) in [5.41, 5.74) is -0.244. The molecule has 3 aromatic rings. The zero-order valence-corrected chi connectivity index (χ0v) is 14.7. The second kappa shape index (κ2) is 7.28. The van der Waals surface area contributed by atoms with Gasteiger partial charge in [0.25, 0.3) is 5.52 Å². The van der Waals surface area contributed by atoms with Gasteiger partial charge in [0, 0.05) is 11.0 Å². The molecule has 138 valence electrons. The number of methoxy groups -OCH3 is 1. The molecular formula is C19H16N2O6. The van der Waals surface area contributed by atoms with Gasteiger partial charge in [-0.1, -0.05) is 18.2 Å². The predicted molar refractivity (Wildman–Crippen MR) is 96.8 cm³/mol. The Kier molecular flexibility index (Phi) is 4.89. The fraction of sp³-hybridized carbons (Fsp3) is 0.158. The van der Waals surface area contributed by atoms with Crippen LogP contribution in [-0.2, 0) is 9.47 Å². The Morgan fingerprint density at radius 2 is 1.81 bits per heavy atom. The van der Waals surface area contributed by atoms with Gasteiger partial charge in [-0.2, -0.15) is 0 Å². The Morgan fingerprint density at radius 3 is 2.44 bits per heavy atom. The summed E-state index contributed by atoms with van der Waals surface area (Å²) in [4.78, 5) is 37.2. The molecule has 0 bridgehead atoms. The van der Waals surface area contributed by atoms with E-state index in [2.05, 4.69) is 4.74 Å². The molecule has 0 radical (unpaired) electrons. The van der Waals surface area contributed by atoms with E-state index in [4.69, 9.17) is 4.74 Å². The molecule has 1 aromatic heterocycles. The van der Waals surface area contributed by atoms with Crippen LogP contribution in [0.5, 0.6) is 0 Å². The molecule has 0 aliphatic rings. The molecule has 3 rings (SSSR count). The number of carbonyl (C=O) groups is 2. The topological polar surface area (TPSA) is 104 Å². The first-order valence-electron chi connectivity index (χ1n) is 8.13. The van der Waals surface area contributed by atoms with E-state index in [-0.39, 0.29) is 28.9 Å². The van der Waals surface area contributed by atoms with Crippen LogP contribution in [0.25, 0.3) is 22.3 Å². The van der Waals surface area contributed by atoms with Gasteiger partial charge in [0.15, 0.2) is 0 Å². The standard InChI is InChI=1S/C19H16N2O6/c1-3-27-19(23)17-16(12-7-5-4-6-8-12)20(24)14-10-9-13(18(22)26-2)11-15(14)21(17)25/h4-11H,3H2,1-2H3. The molecule has 8 heteroatoms. The van der Waals surface area contributed by atoms with Gasteiger partial charge in [-0.15, -0.1) is 0 Å². The van der Waals surface area contributed by atoms with E-state index in [1.54, 1.807) is 37.3 Å². The van der Waals surface area contributed by atoms with Gasteiger partial charge < -0.3 is 19.4 Å². The maximum Gasteiger partial charge on any atom is 0.361 e. The van der Waals surface area contributed by atoms with Crippen molar-refractivity contribution in [2.45, 2.75) is 6.92 Å². The van der Waals surface area contributed by atoms with Crippen molar-refractivity contribution >= 4 is 23.0 Å². The van der Waals surface area contributed by atoms with Crippen LogP contribution in [0.4, 0.5) is 0 Å². The minimum Gasteiger partial charge on any atom is -0.805 e. The minimum absolute atomic E-state index is 0.00422. The largest absolute Gasteiger partial charge is 0.805 e. The number of nitrogens with zero attached hydrogens (tertiary/aromatic N) is 2. The molecule has 0 amide bonds. The third kappa shape index (κ3) is 3.12. The summed E-state index contributed by atoms with van der Waals surface area (Å²) in [5.74, 6) is -1.60. The summed E-state index contributed by atoms with van der Waals surface area (Å²) in [6.45, 7) is 1.63. The third-order valence-electron chi connectivity index (χ3n) is 3.98. The maximum atomic E-state index is 13.0. The average Bonchev–Trinajstić information content (AvgIpc) is 2.70. The lowest BCUT2D eigenvalue weighted by Crippen LogP contribution is -2.28. The first kappa shape index (κ1) is 18.1. The molecule has 0 aliphatic heterocycles. The lowest BCUT2D eigenvalue weighted by Gasteiger charge is -2.18. The third-order valence-corrected chi connectivity index (χ3v) is 3.98. The van der Waals surface area contributed by atoms with Gasteiger partial charge in [-0.3, -0.25) is 0 Å². The van der Waals surface area contributed by atoms with Crippen LogP contribution in [0, 0.1) is 10.1 Å². The Labute approximate surface area is 153 Å². The molecular weight excluding hydrogens is 352 g/mol. The molecule has 1 heterocycles. The quantitative estimate of drug-likeness (QED) is 0.518. The summed E-state index contributed by atoms with van der Waals surface area (Å²) in [6.07, 6.45) is 0. The molecule has 0 fully saturated rings. The molecule has 0 unspecified atom stereocenters. The molecule has 2 aromatic carbocycles. The van der Waals surface area contributed by atoms with Crippen molar-refractivity contribution in [2.24, 2.45) is 0 Å². The van der Waals surface area contributed by atoms with Gasteiger partial charge in [0.1, 0.15) is 5.52 Å². The van der Waals surface area contributed by atoms with E-state index in [1.165, 1.54) is 25.3 Å². The number of benzene rings is 2. The van der Waals surface area contributed by atoms with E-state index in [0.29, 0.717) is 14.7 Å². The highest BCUT2D eigenvalue weighted by Crippen LogP contribution is 2.24. The summed E-state index contributed by atoms with van der Waals surface area (Å²) in [6, 6.07) is 12.3. The number of hydrogen-bond donors (Lipinski definition) is 0. The minimum atomic E-state index is -0.929. The Bertz CT molecular complexity index is 1090. The molecule has 0 aliphatic carbocycles. The van der Waals surface area contributed by atoms with Gasteiger partial charge in [0.2, 0.25) is 5.69 Å². The molecule has 0 saturated heterocycles. The summed E-state index contributed by atoms with van der Waals surface area (Å²) in [5, 5.41) is 13.0. The number of ether oxygens (including phenoxy) is 2. The first-order chi connectivity index (χ1) is 13.0. The van der Waals surface area contributed by atoms with Crippen LogP contribution in [0.1, 0.15) is 27.8 Å². The fourth-order valence-corrected chi connectivity index (χ4v) is 2.76. The van der Waals surface area contributed by atoms with Crippen molar-refractivity contribution in [1.82, 2.24) is 4.73 Å². The average molecular weight is 368 g/mol. The zero-order valence-electron chi connectivity index (χ0n) is 14.7. The van der Waals surface area contributed by atoms with Crippen LogP contribution < -0.4 is 4.43 Å². The predicted octanol–water partition coefficient (Wildman–Crippen LogP) is 2.53. The number of hydrogen-bond acceptors (Lipinski definition) is 6. The first-order valence-corrected chi connectivity index (χ1v) is 8.13. The van der Waals surface area contributed by atoms with E-state index < -0.39 is 17.6 Å². The van der Waals surface area contributed by atoms with Crippen molar-refractivity contribution < 1.29 is 23.5 Å². The maximum absolute atomic E-state index is 13.0. The van der Waals surface area contributed by atoms with E-state index in [1.807, 2.05) is 0 Å². The lowest BCUT2D eigenvalue weighted by atomic mass is 10.1. The zero-order chi connectivity index (χ0) is 19.6. The van der Waals surface area contributed by atoms with Crippen molar-refractivity contribution in [3.05, 3.63) is 69.9 Å². The van der Waals surface area contributed by atoms with E-state index in [9.17, 15) is 19.7 Å². The number of rotatable bonds is 4. The van der Waals surface area contributed by atoms with Crippen molar-refractivity contribution in [1.29, 1.82) is 0 Å². The fourth-order valence-electron chi connectivity index (χ4n) is 2.76. The second-order valence-electron chi connectivity index (χ2n) is 5.57. The van der Waals surface area contributed by atoms with E-state index >= 15 is 0 Å². The molecule has 0 saturated carbocycles. The van der Waals surface area contributed by atoms with Gasteiger partial charge in [-0.05, 0) is 31.2 Å². The highest BCUT2D eigenvalue weighted by Gasteiger charge is 2.30. The molecule has 27 heavy (non-hydrogen) atoms. The van der Waals surface area contributed by atoms with Crippen molar-refractivity contribution in [3.8, 4) is 11.3 Å². The Morgan fingerprint density at radius 1 is 1.11 bits per heavy atom. The van der Waals surface area contributed by atoms with Crippen molar-refractivity contribution in [2.75, 3.05) is 13.7 Å². The van der Waals surface area contributed by atoms with E-state index in [0.717, 1.165) is 0 Å². The lowest BCUT2D eigenvalue weighted by molar-refractivity contribution is -0.452. The van der Waals surface area contributed by atoms with Crippen LogP contribution in [0.15, 0.2) is 48.5 Å². The van der Waals surface area contributed by atoms with Crippen molar-refractivity contribution in [3.63, 3.8) is 0 Å². The van der Waals surface area contributed by atoms with Crippen LogP contribution in [-0.4, -0.2) is 30.4 Å². The number of aromatic nitrogens is 2. The van der Waals surface area contributed by atoms with Crippen LogP contribution in [0.2, 0.25) is 0 Å². The van der Waals surface area contributed by atoms with Gasteiger partial charge in [-0.25, -0.2) is 9.59 Å². The SMILES string of the molecule is CCOC(=O)c1c(-c2ccccc2)[n+](=O)c2ccc(C(=O)OC)cc2n1[O-]. The number of carbonyl (C=O) groups excluding carboxylic acids is 2. The molecule has 0 atom stereocenters. The Hall–Kier alpha value is -3.68. The summed E-state index contributed by atoms with van der Waals surface area (Å²) in [7, 11) is 1.20. The van der Waals surface area contributed by atoms with Gasteiger partial charge >= 0.3 is 17.6 Å². The van der Waals surface area contributed by atoms with Crippen LogP contribution >= 0.6 is 0 Å². The number of fused-ring (bicyclic) bond motifs is 1. The van der Waals surface area contributed by atoms with Gasteiger partial charge in [0.05, 0.1) is 29.3 Å².